The van der Waals surface area contributed by atoms with Crippen molar-refractivity contribution in [3.63, 3.8) is 0 Å². The molecule has 4 nitrogen and oxygen atoms in total. The zero-order valence-corrected chi connectivity index (χ0v) is 9.14. The fraction of sp³-hybridized carbons (Fsp3) is 0.417. The third kappa shape index (κ3) is 2.02. The van der Waals surface area contributed by atoms with Crippen LogP contribution in [0.5, 0.6) is 5.75 Å². The first-order valence-corrected chi connectivity index (χ1v) is 5.32. The van der Waals surface area contributed by atoms with Crippen LogP contribution in [0.15, 0.2) is 24.3 Å². The number of ether oxygens (including phenoxy) is 1. The molecule has 1 fully saturated rings. The van der Waals surface area contributed by atoms with E-state index in [1.807, 2.05) is 24.3 Å². The van der Waals surface area contributed by atoms with E-state index in [9.17, 15) is 4.79 Å². The van der Waals surface area contributed by atoms with Gasteiger partial charge < -0.3 is 15.2 Å². The lowest BCUT2D eigenvalue weighted by Gasteiger charge is -2.16. The summed E-state index contributed by atoms with van der Waals surface area (Å²) in [5.74, 6) is 0.0725. The molecule has 0 aliphatic carbocycles. The molecular formula is C12H15NO3. The third-order valence-electron chi connectivity index (χ3n) is 3.03. The van der Waals surface area contributed by atoms with E-state index < -0.39 is 12.0 Å². The Hall–Kier alpha value is -1.55. The summed E-state index contributed by atoms with van der Waals surface area (Å²) in [7, 11) is 1.62. The Morgan fingerprint density at radius 2 is 2.12 bits per heavy atom. The summed E-state index contributed by atoms with van der Waals surface area (Å²) in [5, 5.41) is 12.1. The van der Waals surface area contributed by atoms with Crippen LogP contribution >= 0.6 is 0 Å². The molecule has 0 amide bonds. The van der Waals surface area contributed by atoms with Crippen molar-refractivity contribution >= 4 is 5.97 Å². The van der Waals surface area contributed by atoms with Gasteiger partial charge in [-0.1, -0.05) is 12.1 Å². The summed E-state index contributed by atoms with van der Waals surface area (Å²) in [6.45, 7) is 0.758. The van der Waals surface area contributed by atoms with Gasteiger partial charge in [-0.05, 0) is 30.7 Å². The minimum Gasteiger partial charge on any atom is -0.497 e. The quantitative estimate of drug-likeness (QED) is 0.806. The van der Waals surface area contributed by atoms with Crippen LogP contribution < -0.4 is 10.1 Å². The molecule has 1 heterocycles. The van der Waals surface area contributed by atoms with Gasteiger partial charge in [-0.2, -0.15) is 0 Å². The number of aliphatic carboxylic acids is 1. The molecule has 0 radical (unpaired) electrons. The first-order chi connectivity index (χ1) is 7.72. The van der Waals surface area contributed by atoms with Crippen molar-refractivity contribution in [1.29, 1.82) is 0 Å². The number of nitrogens with one attached hydrogen (secondary N) is 1. The number of rotatable bonds is 3. The van der Waals surface area contributed by atoms with E-state index in [-0.39, 0.29) is 5.92 Å². The fourth-order valence-corrected chi connectivity index (χ4v) is 2.17. The molecule has 2 rings (SSSR count). The van der Waals surface area contributed by atoms with Crippen molar-refractivity contribution in [1.82, 2.24) is 5.32 Å². The number of hydrogen-bond donors (Lipinski definition) is 2. The zero-order valence-electron chi connectivity index (χ0n) is 9.14. The largest absolute Gasteiger partial charge is 0.497 e. The molecule has 1 saturated heterocycles. The van der Waals surface area contributed by atoms with Crippen LogP contribution in [0.1, 0.15) is 17.9 Å². The molecule has 16 heavy (non-hydrogen) atoms. The van der Waals surface area contributed by atoms with Crippen molar-refractivity contribution in [3.05, 3.63) is 29.8 Å². The van der Waals surface area contributed by atoms with Crippen molar-refractivity contribution in [3.8, 4) is 5.75 Å². The van der Waals surface area contributed by atoms with Crippen LogP contribution in [-0.4, -0.2) is 30.8 Å². The molecule has 86 valence electrons. The highest BCUT2D eigenvalue weighted by atomic mass is 16.5. The number of carbonyl (C=O) groups is 1. The number of methoxy groups -OCH3 is 1. The summed E-state index contributed by atoms with van der Waals surface area (Å²) in [4.78, 5) is 11.0. The number of benzene rings is 1. The van der Waals surface area contributed by atoms with Crippen LogP contribution in [0.3, 0.4) is 0 Å². The highest BCUT2D eigenvalue weighted by Gasteiger charge is 2.33. The molecule has 0 unspecified atom stereocenters. The number of carboxylic acid groups (broad SMARTS) is 1. The second-order valence-corrected chi connectivity index (χ2v) is 3.94. The van der Waals surface area contributed by atoms with Crippen molar-refractivity contribution < 1.29 is 14.6 Å². The lowest BCUT2D eigenvalue weighted by Crippen LogP contribution is -2.34. The van der Waals surface area contributed by atoms with Crippen molar-refractivity contribution in [2.45, 2.75) is 18.4 Å². The number of hydrogen-bond acceptors (Lipinski definition) is 3. The van der Waals surface area contributed by atoms with Gasteiger partial charge in [0.25, 0.3) is 0 Å². The molecule has 0 aromatic heterocycles. The predicted molar refractivity (Wildman–Crippen MR) is 59.8 cm³/mol. The summed E-state index contributed by atoms with van der Waals surface area (Å²) in [6, 6.07) is 7.14. The Morgan fingerprint density at radius 3 is 2.69 bits per heavy atom. The van der Waals surface area contributed by atoms with E-state index in [2.05, 4.69) is 5.32 Å². The zero-order chi connectivity index (χ0) is 11.5. The van der Waals surface area contributed by atoms with E-state index in [1.165, 1.54) is 0 Å². The lowest BCUT2D eigenvalue weighted by atomic mass is 9.92. The molecule has 1 aromatic rings. The smallest absolute Gasteiger partial charge is 0.321 e. The Labute approximate surface area is 94.2 Å². The van der Waals surface area contributed by atoms with Gasteiger partial charge in [0.1, 0.15) is 11.8 Å². The van der Waals surface area contributed by atoms with Crippen LogP contribution in [0.4, 0.5) is 0 Å². The molecule has 0 spiro atoms. The van der Waals surface area contributed by atoms with Crippen LogP contribution in [-0.2, 0) is 4.79 Å². The van der Waals surface area contributed by atoms with E-state index in [0.717, 1.165) is 24.3 Å². The molecule has 0 bridgehead atoms. The molecular weight excluding hydrogens is 206 g/mol. The minimum absolute atomic E-state index is 0.0587. The molecule has 0 saturated carbocycles. The van der Waals surface area contributed by atoms with Gasteiger partial charge in [0, 0.05) is 5.92 Å². The summed E-state index contributed by atoms with van der Waals surface area (Å²) >= 11 is 0. The molecule has 1 aliphatic rings. The van der Waals surface area contributed by atoms with Gasteiger partial charge in [-0.3, -0.25) is 4.79 Å². The van der Waals surface area contributed by atoms with E-state index >= 15 is 0 Å². The normalized spacial score (nSPS) is 24.3. The first kappa shape index (κ1) is 11.0. The molecule has 2 N–H and O–H groups in total. The monoisotopic (exact) mass is 221 g/mol. The Bertz CT molecular complexity index is 374. The number of carboxylic acids is 1. The van der Waals surface area contributed by atoms with Crippen molar-refractivity contribution in [2.75, 3.05) is 13.7 Å². The van der Waals surface area contributed by atoms with Gasteiger partial charge in [0.15, 0.2) is 0 Å². The van der Waals surface area contributed by atoms with E-state index in [0.29, 0.717) is 0 Å². The van der Waals surface area contributed by atoms with E-state index in [4.69, 9.17) is 9.84 Å². The van der Waals surface area contributed by atoms with Gasteiger partial charge in [0.05, 0.1) is 7.11 Å². The lowest BCUT2D eigenvalue weighted by molar-refractivity contribution is -0.139. The topological polar surface area (TPSA) is 58.6 Å². The third-order valence-corrected chi connectivity index (χ3v) is 3.03. The first-order valence-electron chi connectivity index (χ1n) is 5.32. The van der Waals surface area contributed by atoms with Crippen molar-refractivity contribution in [2.24, 2.45) is 0 Å². The average Bonchev–Trinajstić information content (AvgIpc) is 2.78. The minimum atomic E-state index is -0.779. The Kier molecular flexibility index (Phi) is 3.10. The average molecular weight is 221 g/mol. The predicted octanol–water partition coefficient (Wildman–Crippen LogP) is 1.23. The van der Waals surface area contributed by atoms with Crippen LogP contribution in [0.2, 0.25) is 0 Å². The highest BCUT2D eigenvalue weighted by Crippen LogP contribution is 2.29. The maximum Gasteiger partial charge on any atom is 0.321 e. The molecule has 2 atom stereocenters. The maximum atomic E-state index is 11.0. The van der Waals surface area contributed by atoms with Gasteiger partial charge in [0.2, 0.25) is 0 Å². The second kappa shape index (κ2) is 4.53. The maximum absolute atomic E-state index is 11.0. The molecule has 1 aromatic carbocycles. The summed E-state index contributed by atoms with van der Waals surface area (Å²) in [5.41, 5.74) is 1.05. The SMILES string of the molecule is COc1ccc([C@H]2CCN[C@H]2C(=O)O)cc1. The molecule has 1 aliphatic heterocycles. The van der Waals surface area contributed by atoms with Crippen LogP contribution in [0, 0.1) is 0 Å². The Balaban J connectivity index is 2.19. The summed E-state index contributed by atoms with van der Waals surface area (Å²) < 4.78 is 5.07. The Morgan fingerprint density at radius 1 is 1.44 bits per heavy atom. The summed E-state index contributed by atoms with van der Waals surface area (Å²) in [6.07, 6.45) is 0.864. The van der Waals surface area contributed by atoms with Gasteiger partial charge in [-0.25, -0.2) is 0 Å². The second-order valence-electron chi connectivity index (χ2n) is 3.94. The van der Waals surface area contributed by atoms with Gasteiger partial charge in [-0.15, -0.1) is 0 Å². The highest BCUT2D eigenvalue weighted by molar-refractivity contribution is 5.75. The van der Waals surface area contributed by atoms with Crippen LogP contribution in [0.25, 0.3) is 0 Å². The van der Waals surface area contributed by atoms with E-state index in [1.54, 1.807) is 7.11 Å². The standard InChI is InChI=1S/C12H15NO3/c1-16-9-4-2-8(3-5-9)10-6-7-13-11(10)12(14)15/h2-5,10-11,13H,6-7H2,1H3,(H,14,15)/t10-,11-/m1/s1. The fourth-order valence-electron chi connectivity index (χ4n) is 2.17. The molecule has 4 heteroatoms. The van der Waals surface area contributed by atoms with Gasteiger partial charge >= 0.3 is 5.97 Å².